The summed E-state index contributed by atoms with van der Waals surface area (Å²) in [7, 11) is -3.51. The van der Waals surface area contributed by atoms with Crippen molar-refractivity contribution in [3.8, 4) is 0 Å². The maximum Gasteiger partial charge on any atom is 0.247 e. The number of aromatic nitrogens is 2. The molecule has 0 radical (unpaired) electrons. The number of nitrogens with one attached hydrogen (secondary N) is 1. The van der Waals surface area contributed by atoms with Gasteiger partial charge in [0.2, 0.25) is 10.0 Å². The van der Waals surface area contributed by atoms with Crippen LogP contribution in [-0.4, -0.2) is 35.5 Å². The van der Waals surface area contributed by atoms with E-state index >= 15 is 0 Å². The van der Waals surface area contributed by atoms with E-state index in [9.17, 15) is 8.42 Å². The van der Waals surface area contributed by atoms with Crippen LogP contribution in [0.4, 0.5) is 0 Å². The molecule has 2 aliphatic rings. The van der Waals surface area contributed by atoms with Gasteiger partial charge in [-0.15, -0.1) is 11.6 Å². The van der Waals surface area contributed by atoms with Gasteiger partial charge < -0.3 is 0 Å². The monoisotopic (exact) mass is 331 g/mol. The number of nitrogens with zero attached hydrogens (tertiary/aromatic N) is 2. The number of sulfonamides is 1. The second-order valence-corrected chi connectivity index (χ2v) is 8.22. The Kier molecular flexibility index (Phi) is 4.30. The largest absolute Gasteiger partial charge is 0.281 e. The van der Waals surface area contributed by atoms with Crippen molar-refractivity contribution >= 4 is 21.6 Å². The normalized spacial score (nSPS) is 27.5. The first-order valence-corrected chi connectivity index (χ1v) is 9.65. The van der Waals surface area contributed by atoms with Gasteiger partial charge >= 0.3 is 0 Å². The Hall–Kier alpha value is -0.590. The highest BCUT2D eigenvalue weighted by Crippen LogP contribution is 2.38. The Labute approximate surface area is 131 Å². The number of H-pyrrole nitrogens is 1. The summed E-state index contributed by atoms with van der Waals surface area (Å²) in [5, 5.41) is 6.80. The zero-order valence-corrected chi connectivity index (χ0v) is 13.9. The van der Waals surface area contributed by atoms with Crippen molar-refractivity contribution in [2.24, 2.45) is 5.92 Å². The van der Waals surface area contributed by atoms with Crippen LogP contribution in [0.25, 0.3) is 0 Å². The van der Waals surface area contributed by atoms with Crippen molar-refractivity contribution in [2.75, 3.05) is 6.54 Å². The molecular formula is C14H22ClN3O2S. The number of aromatic amines is 1. The Morgan fingerprint density at radius 3 is 2.76 bits per heavy atom. The fourth-order valence-electron chi connectivity index (χ4n) is 3.90. The van der Waals surface area contributed by atoms with Crippen molar-refractivity contribution < 1.29 is 8.42 Å². The summed E-state index contributed by atoms with van der Waals surface area (Å²) in [4.78, 5) is 0.295. The smallest absolute Gasteiger partial charge is 0.247 e. The number of halogens is 1. The summed E-state index contributed by atoms with van der Waals surface area (Å²) in [6.07, 6.45) is 6.60. The number of aryl methyl sites for hydroxylation is 1. The minimum Gasteiger partial charge on any atom is -0.281 e. The van der Waals surface area contributed by atoms with E-state index in [-0.39, 0.29) is 11.9 Å². The average Bonchev–Trinajstić information content (AvgIpc) is 2.88. The van der Waals surface area contributed by atoms with Crippen molar-refractivity contribution in [3.05, 3.63) is 11.4 Å². The van der Waals surface area contributed by atoms with Gasteiger partial charge in [0.15, 0.2) is 0 Å². The molecule has 2 heterocycles. The van der Waals surface area contributed by atoms with Crippen LogP contribution in [0.1, 0.15) is 49.9 Å². The molecule has 0 bridgehead atoms. The molecule has 0 amide bonds. The fourth-order valence-corrected chi connectivity index (χ4v) is 6.26. The van der Waals surface area contributed by atoms with Crippen molar-refractivity contribution in [1.82, 2.24) is 14.5 Å². The summed E-state index contributed by atoms with van der Waals surface area (Å²) in [6.45, 7) is 2.37. The van der Waals surface area contributed by atoms with E-state index in [1.807, 2.05) is 0 Å². The predicted octanol–water partition coefficient (Wildman–Crippen LogP) is 2.80. The van der Waals surface area contributed by atoms with E-state index in [0.717, 1.165) is 32.1 Å². The van der Waals surface area contributed by atoms with Gasteiger partial charge in [0, 0.05) is 12.6 Å². The highest BCUT2D eigenvalue weighted by Gasteiger charge is 2.41. The number of piperidine rings is 1. The van der Waals surface area contributed by atoms with Gasteiger partial charge in [-0.2, -0.15) is 9.40 Å². The minimum atomic E-state index is -3.51. The molecule has 118 valence electrons. The third-order valence-electron chi connectivity index (χ3n) is 4.85. The third kappa shape index (κ3) is 2.62. The number of rotatable bonds is 3. The van der Waals surface area contributed by atoms with Crippen LogP contribution in [0.2, 0.25) is 0 Å². The molecule has 2 unspecified atom stereocenters. The number of hydrogen-bond donors (Lipinski definition) is 1. The Bertz CT molecular complexity index is 612. The summed E-state index contributed by atoms with van der Waals surface area (Å²) in [5.41, 5.74) is 1.02. The lowest BCUT2D eigenvalue weighted by Crippen LogP contribution is -2.49. The van der Waals surface area contributed by atoms with Crippen LogP contribution in [0.3, 0.4) is 0 Å². The first-order chi connectivity index (χ1) is 10.1. The van der Waals surface area contributed by atoms with Crippen LogP contribution < -0.4 is 0 Å². The molecule has 0 spiro atoms. The second-order valence-electron chi connectivity index (χ2n) is 6.13. The topological polar surface area (TPSA) is 66.1 Å². The molecule has 2 atom stereocenters. The fraction of sp³-hybridized carbons (Fsp3) is 0.786. The van der Waals surface area contributed by atoms with Crippen LogP contribution in [0, 0.1) is 12.8 Å². The molecule has 1 saturated heterocycles. The van der Waals surface area contributed by atoms with Gasteiger partial charge in [0.1, 0.15) is 4.90 Å². The second kappa shape index (κ2) is 5.89. The molecule has 5 nitrogen and oxygen atoms in total. The Morgan fingerprint density at radius 1 is 1.29 bits per heavy atom. The van der Waals surface area contributed by atoms with Crippen LogP contribution >= 0.6 is 11.6 Å². The number of alkyl halides is 1. The molecular weight excluding hydrogens is 310 g/mol. The lowest BCUT2D eigenvalue weighted by molar-refractivity contribution is 0.129. The molecule has 1 saturated carbocycles. The third-order valence-corrected chi connectivity index (χ3v) is 7.23. The predicted molar refractivity (Wildman–Crippen MR) is 81.8 cm³/mol. The quantitative estimate of drug-likeness (QED) is 0.866. The van der Waals surface area contributed by atoms with Gasteiger partial charge in [-0.3, -0.25) is 5.10 Å². The minimum absolute atomic E-state index is 0.112. The van der Waals surface area contributed by atoms with Crippen molar-refractivity contribution in [3.63, 3.8) is 0 Å². The maximum absolute atomic E-state index is 13.1. The lowest BCUT2D eigenvalue weighted by Gasteiger charge is -2.43. The Balaban J connectivity index is 1.98. The van der Waals surface area contributed by atoms with Crippen molar-refractivity contribution in [2.45, 2.75) is 62.3 Å². The van der Waals surface area contributed by atoms with Crippen LogP contribution in [0.5, 0.6) is 0 Å². The van der Waals surface area contributed by atoms with E-state index in [2.05, 4.69) is 10.2 Å². The standard InChI is InChI=1S/C14H22ClN3O2S/c1-10-14(12(9-15)17-16-10)21(19,20)18-8-4-6-11-5-2-3-7-13(11)18/h11,13H,2-9H2,1H3,(H,16,17). The van der Waals surface area contributed by atoms with Gasteiger partial charge in [-0.25, -0.2) is 8.42 Å². The number of fused-ring (bicyclic) bond motifs is 1. The number of hydrogen-bond acceptors (Lipinski definition) is 3. The van der Waals surface area contributed by atoms with E-state index in [4.69, 9.17) is 11.6 Å². The first kappa shape index (κ1) is 15.3. The summed E-state index contributed by atoms with van der Waals surface area (Å²) < 4.78 is 28.0. The first-order valence-electron chi connectivity index (χ1n) is 7.67. The molecule has 3 rings (SSSR count). The van der Waals surface area contributed by atoms with Gasteiger partial charge in [0.25, 0.3) is 0 Å². The Morgan fingerprint density at radius 2 is 2.00 bits per heavy atom. The molecule has 0 aromatic carbocycles. The van der Waals surface area contributed by atoms with Gasteiger partial charge in [-0.05, 0) is 38.5 Å². The van der Waals surface area contributed by atoms with Crippen LogP contribution in [-0.2, 0) is 15.9 Å². The SMILES string of the molecule is Cc1[nH]nc(CCl)c1S(=O)(=O)N1CCCC2CCCCC21. The zero-order chi connectivity index (χ0) is 15.0. The van der Waals surface area contributed by atoms with Crippen molar-refractivity contribution in [1.29, 1.82) is 0 Å². The van der Waals surface area contributed by atoms with E-state index in [0.29, 0.717) is 28.7 Å². The molecule has 2 fully saturated rings. The summed E-state index contributed by atoms with van der Waals surface area (Å²) in [6, 6.07) is 0.162. The molecule has 1 aromatic rings. The lowest BCUT2D eigenvalue weighted by atomic mass is 9.79. The molecule has 1 aliphatic carbocycles. The highest BCUT2D eigenvalue weighted by molar-refractivity contribution is 7.89. The highest BCUT2D eigenvalue weighted by atomic mass is 35.5. The van der Waals surface area contributed by atoms with E-state index in [1.54, 1.807) is 11.2 Å². The zero-order valence-electron chi connectivity index (χ0n) is 12.3. The van der Waals surface area contributed by atoms with Crippen LogP contribution in [0.15, 0.2) is 4.90 Å². The van der Waals surface area contributed by atoms with Gasteiger partial charge in [-0.1, -0.05) is 12.8 Å². The summed E-state index contributed by atoms with van der Waals surface area (Å²) >= 11 is 5.86. The molecule has 1 aromatic heterocycles. The van der Waals surface area contributed by atoms with E-state index in [1.165, 1.54) is 6.42 Å². The molecule has 1 aliphatic heterocycles. The average molecular weight is 332 g/mol. The molecule has 1 N–H and O–H groups in total. The molecule has 7 heteroatoms. The van der Waals surface area contributed by atoms with E-state index < -0.39 is 10.0 Å². The van der Waals surface area contributed by atoms with Gasteiger partial charge in [0.05, 0.1) is 17.3 Å². The molecule has 21 heavy (non-hydrogen) atoms. The summed E-state index contributed by atoms with van der Waals surface area (Å²) in [5.74, 6) is 0.634. The maximum atomic E-state index is 13.1.